The molecule has 1 aromatic heterocycles. The molecule has 18 heavy (non-hydrogen) atoms. The molecule has 0 amide bonds. The second-order valence-corrected chi connectivity index (χ2v) is 4.80. The molecule has 0 aromatic carbocycles. The first-order valence-corrected chi connectivity index (χ1v) is 6.09. The van der Waals surface area contributed by atoms with Crippen LogP contribution in [0.1, 0.15) is 37.3 Å². The summed E-state index contributed by atoms with van der Waals surface area (Å²) in [5.41, 5.74) is 3.20. The standard InChI is InChI=1S/C12H17F3N2O/c13-12(14,15)10-4-2-1-3-9(10)11(17-16)8-5-6-18-7-8/h5-7,9-11,17H,1-4,16H2. The van der Waals surface area contributed by atoms with Crippen molar-refractivity contribution < 1.29 is 17.6 Å². The molecule has 1 aliphatic rings. The molecule has 3 unspecified atom stereocenters. The van der Waals surface area contributed by atoms with Gasteiger partial charge in [0.15, 0.2) is 0 Å². The van der Waals surface area contributed by atoms with Crippen LogP contribution in [0.25, 0.3) is 0 Å². The van der Waals surface area contributed by atoms with Gasteiger partial charge in [-0.25, -0.2) is 0 Å². The van der Waals surface area contributed by atoms with Gasteiger partial charge in [-0.1, -0.05) is 12.8 Å². The Morgan fingerprint density at radius 2 is 2.06 bits per heavy atom. The normalized spacial score (nSPS) is 27.1. The highest BCUT2D eigenvalue weighted by molar-refractivity contribution is 5.13. The molecule has 0 radical (unpaired) electrons. The maximum atomic E-state index is 13.0. The van der Waals surface area contributed by atoms with E-state index >= 15 is 0 Å². The lowest BCUT2D eigenvalue weighted by Crippen LogP contribution is -2.42. The fourth-order valence-electron chi connectivity index (χ4n) is 2.88. The van der Waals surface area contributed by atoms with E-state index < -0.39 is 24.1 Å². The molecule has 3 atom stereocenters. The number of alkyl halides is 3. The molecule has 0 spiro atoms. The van der Waals surface area contributed by atoms with E-state index in [4.69, 9.17) is 10.3 Å². The molecule has 102 valence electrons. The summed E-state index contributed by atoms with van der Waals surface area (Å²) < 4.78 is 44.0. The van der Waals surface area contributed by atoms with E-state index in [0.717, 1.165) is 6.42 Å². The van der Waals surface area contributed by atoms with Crippen molar-refractivity contribution in [2.45, 2.75) is 37.9 Å². The molecular formula is C12H17F3N2O. The lowest BCUT2D eigenvalue weighted by Gasteiger charge is -2.37. The van der Waals surface area contributed by atoms with Crippen molar-refractivity contribution in [2.75, 3.05) is 0 Å². The Morgan fingerprint density at radius 3 is 2.61 bits per heavy atom. The molecule has 0 aliphatic heterocycles. The zero-order chi connectivity index (χ0) is 13.2. The minimum absolute atomic E-state index is 0.185. The highest BCUT2D eigenvalue weighted by Crippen LogP contribution is 2.46. The van der Waals surface area contributed by atoms with Crippen molar-refractivity contribution in [3.05, 3.63) is 24.2 Å². The van der Waals surface area contributed by atoms with E-state index in [2.05, 4.69) is 5.43 Å². The van der Waals surface area contributed by atoms with E-state index in [1.165, 1.54) is 12.5 Å². The Kier molecular flexibility index (Phi) is 3.97. The summed E-state index contributed by atoms with van der Waals surface area (Å²) in [4.78, 5) is 0. The third-order valence-corrected chi connectivity index (χ3v) is 3.75. The van der Waals surface area contributed by atoms with Crippen molar-refractivity contribution in [1.29, 1.82) is 0 Å². The highest BCUT2D eigenvalue weighted by atomic mass is 19.4. The van der Waals surface area contributed by atoms with E-state index in [9.17, 15) is 13.2 Å². The first kappa shape index (κ1) is 13.4. The first-order valence-electron chi connectivity index (χ1n) is 6.09. The van der Waals surface area contributed by atoms with Crippen molar-refractivity contribution in [2.24, 2.45) is 17.7 Å². The molecular weight excluding hydrogens is 245 g/mol. The predicted octanol–water partition coefficient (Wildman–Crippen LogP) is 3.15. The largest absolute Gasteiger partial charge is 0.472 e. The van der Waals surface area contributed by atoms with Crippen LogP contribution in [-0.4, -0.2) is 6.18 Å². The Balaban J connectivity index is 2.22. The van der Waals surface area contributed by atoms with Crippen LogP contribution in [0.4, 0.5) is 13.2 Å². The van der Waals surface area contributed by atoms with Gasteiger partial charge in [-0.3, -0.25) is 11.3 Å². The fraction of sp³-hybridized carbons (Fsp3) is 0.667. The third kappa shape index (κ3) is 2.70. The summed E-state index contributed by atoms with van der Waals surface area (Å²) in [5, 5.41) is 0. The van der Waals surface area contributed by atoms with Gasteiger partial charge in [0.1, 0.15) is 0 Å². The molecule has 2 rings (SSSR count). The van der Waals surface area contributed by atoms with Gasteiger partial charge in [-0.05, 0) is 24.8 Å². The number of rotatable bonds is 3. The van der Waals surface area contributed by atoms with Gasteiger partial charge >= 0.3 is 6.18 Å². The quantitative estimate of drug-likeness (QED) is 0.650. The second kappa shape index (κ2) is 5.32. The van der Waals surface area contributed by atoms with Crippen molar-refractivity contribution in [3.8, 4) is 0 Å². The number of nitrogens with one attached hydrogen (secondary N) is 1. The maximum Gasteiger partial charge on any atom is 0.392 e. The van der Waals surface area contributed by atoms with Crippen LogP contribution in [0.15, 0.2) is 23.0 Å². The van der Waals surface area contributed by atoms with Gasteiger partial charge in [0.05, 0.1) is 24.5 Å². The van der Waals surface area contributed by atoms with Crippen LogP contribution in [0.3, 0.4) is 0 Å². The number of hydrogen-bond donors (Lipinski definition) is 2. The van der Waals surface area contributed by atoms with Gasteiger partial charge < -0.3 is 4.42 Å². The van der Waals surface area contributed by atoms with Gasteiger partial charge in [-0.2, -0.15) is 13.2 Å². The van der Waals surface area contributed by atoms with Crippen molar-refractivity contribution >= 4 is 0 Å². The molecule has 0 saturated heterocycles. The minimum atomic E-state index is -4.16. The average molecular weight is 262 g/mol. The van der Waals surface area contributed by atoms with Crippen LogP contribution >= 0.6 is 0 Å². The van der Waals surface area contributed by atoms with Gasteiger partial charge in [0.25, 0.3) is 0 Å². The van der Waals surface area contributed by atoms with Crippen LogP contribution in [-0.2, 0) is 0 Å². The molecule has 1 aliphatic carbocycles. The molecule has 1 saturated carbocycles. The third-order valence-electron chi connectivity index (χ3n) is 3.75. The number of hydrogen-bond acceptors (Lipinski definition) is 3. The van der Waals surface area contributed by atoms with Crippen LogP contribution in [0.2, 0.25) is 0 Å². The molecule has 1 fully saturated rings. The summed E-state index contributed by atoms with van der Waals surface area (Å²) in [6.45, 7) is 0. The summed E-state index contributed by atoms with van der Waals surface area (Å²) in [5.74, 6) is 3.63. The molecule has 6 heteroatoms. The SMILES string of the molecule is NNC(c1ccoc1)C1CCCCC1C(F)(F)F. The number of halogens is 3. The van der Waals surface area contributed by atoms with E-state index in [-0.39, 0.29) is 6.42 Å². The van der Waals surface area contributed by atoms with Crippen LogP contribution < -0.4 is 11.3 Å². The van der Waals surface area contributed by atoms with Crippen molar-refractivity contribution in [1.82, 2.24) is 5.43 Å². The van der Waals surface area contributed by atoms with E-state index in [1.807, 2.05) is 0 Å². The topological polar surface area (TPSA) is 51.2 Å². The molecule has 3 nitrogen and oxygen atoms in total. The second-order valence-electron chi connectivity index (χ2n) is 4.80. The average Bonchev–Trinajstić information content (AvgIpc) is 2.83. The van der Waals surface area contributed by atoms with Gasteiger partial charge in [0, 0.05) is 5.56 Å². The number of hydrazine groups is 1. The Morgan fingerprint density at radius 1 is 1.33 bits per heavy atom. The van der Waals surface area contributed by atoms with Gasteiger partial charge in [0.2, 0.25) is 0 Å². The lowest BCUT2D eigenvalue weighted by atomic mass is 9.73. The van der Waals surface area contributed by atoms with Crippen molar-refractivity contribution in [3.63, 3.8) is 0 Å². The highest BCUT2D eigenvalue weighted by Gasteiger charge is 2.48. The Labute approximate surface area is 103 Å². The summed E-state index contributed by atoms with van der Waals surface area (Å²) in [6, 6.07) is 1.16. The number of nitrogens with two attached hydrogens (primary N) is 1. The minimum Gasteiger partial charge on any atom is -0.472 e. The van der Waals surface area contributed by atoms with Gasteiger partial charge in [-0.15, -0.1) is 0 Å². The zero-order valence-electron chi connectivity index (χ0n) is 9.91. The smallest absolute Gasteiger partial charge is 0.392 e. The lowest BCUT2D eigenvalue weighted by molar-refractivity contribution is -0.199. The molecule has 1 aromatic rings. The summed E-state index contributed by atoms with van der Waals surface area (Å²) >= 11 is 0. The molecule has 3 N–H and O–H groups in total. The zero-order valence-corrected chi connectivity index (χ0v) is 9.91. The Hall–Kier alpha value is -1.01. The van der Waals surface area contributed by atoms with E-state index in [0.29, 0.717) is 18.4 Å². The Bertz CT molecular complexity index is 364. The number of furan rings is 1. The fourth-order valence-corrected chi connectivity index (χ4v) is 2.88. The monoisotopic (exact) mass is 262 g/mol. The summed E-state index contributed by atoms with van der Waals surface area (Å²) in [7, 11) is 0. The van der Waals surface area contributed by atoms with E-state index in [1.54, 1.807) is 6.07 Å². The molecule has 1 heterocycles. The van der Waals surface area contributed by atoms with Crippen LogP contribution in [0.5, 0.6) is 0 Å². The van der Waals surface area contributed by atoms with Crippen LogP contribution in [0, 0.1) is 11.8 Å². The predicted molar refractivity (Wildman–Crippen MR) is 60.3 cm³/mol. The maximum absolute atomic E-state index is 13.0. The first-order chi connectivity index (χ1) is 8.54. The molecule has 0 bridgehead atoms. The summed E-state index contributed by atoms with van der Waals surface area (Å²) in [6.07, 6.45) is 0.895.